The average Bonchev–Trinajstić information content (AvgIpc) is 3.35. The van der Waals surface area contributed by atoms with Gasteiger partial charge in [0.2, 0.25) is 0 Å². The minimum atomic E-state index is -0.0147. The summed E-state index contributed by atoms with van der Waals surface area (Å²) in [6, 6.07) is 29.5. The van der Waals surface area contributed by atoms with Crippen molar-refractivity contribution in [1.82, 2.24) is 19.6 Å². The molecule has 35 heavy (non-hydrogen) atoms. The van der Waals surface area contributed by atoms with Gasteiger partial charge in [0, 0.05) is 38.3 Å². The molecule has 0 saturated carbocycles. The summed E-state index contributed by atoms with van der Waals surface area (Å²) in [6.45, 7) is 3.90. The number of halogens is 1. The molecule has 0 aliphatic carbocycles. The lowest BCUT2D eigenvalue weighted by Crippen LogP contribution is -2.49. The van der Waals surface area contributed by atoms with Crippen molar-refractivity contribution in [2.45, 2.75) is 0 Å². The third-order valence-electron chi connectivity index (χ3n) is 6.21. The van der Waals surface area contributed by atoms with Gasteiger partial charge in [0.25, 0.3) is 5.91 Å². The maximum atomic E-state index is 13.6. The molecule has 0 atom stereocenters. The number of rotatable bonds is 6. The third-order valence-corrected chi connectivity index (χ3v) is 6.54. The van der Waals surface area contributed by atoms with Crippen LogP contribution in [0.3, 0.4) is 0 Å². The minimum Gasteiger partial charge on any atom is -0.335 e. The van der Waals surface area contributed by atoms with Gasteiger partial charge in [-0.3, -0.25) is 9.69 Å². The quantitative estimate of drug-likeness (QED) is 0.356. The van der Waals surface area contributed by atoms with Crippen LogP contribution in [0.25, 0.3) is 23.0 Å². The molecule has 6 heteroatoms. The van der Waals surface area contributed by atoms with Crippen molar-refractivity contribution in [2.24, 2.45) is 0 Å². The van der Waals surface area contributed by atoms with Crippen LogP contribution in [0, 0.1) is 0 Å². The van der Waals surface area contributed by atoms with Crippen molar-refractivity contribution in [3.05, 3.63) is 113 Å². The van der Waals surface area contributed by atoms with Crippen LogP contribution in [-0.4, -0.2) is 58.2 Å². The molecular weight excluding hydrogens is 456 g/mol. The number of benzene rings is 3. The molecule has 4 aromatic rings. The van der Waals surface area contributed by atoms with E-state index >= 15 is 0 Å². The van der Waals surface area contributed by atoms with Gasteiger partial charge < -0.3 is 4.90 Å². The first-order valence-electron chi connectivity index (χ1n) is 11.8. The molecule has 176 valence electrons. The van der Waals surface area contributed by atoms with E-state index in [1.54, 1.807) is 4.68 Å². The van der Waals surface area contributed by atoms with Crippen molar-refractivity contribution in [1.29, 1.82) is 0 Å². The van der Waals surface area contributed by atoms with Crippen LogP contribution in [0.1, 0.15) is 16.1 Å². The lowest BCUT2D eigenvalue weighted by Gasteiger charge is -2.34. The van der Waals surface area contributed by atoms with Gasteiger partial charge in [-0.1, -0.05) is 90.5 Å². The summed E-state index contributed by atoms with van der Waals surface area (Å²) in [7, 11) is 0. The predicted molar refractivity (Wildman–Crippen MR) is 142 cm³/mol. The van der Waals surface area contributed by atoms with E-state index in [0.29, 0.717) is 29.5 Å². The Morgan fingerprint density at radius 3 is 2.23 bits per heavy atom. The summed E-state index contributed by atoms with van der Waals surface area (Å²) < 4.78 is 1.73. The first-order chi connectivity index (χ1) is 17.2. The van der Waals surface area contributed by atoms with Gasteiger partial charge in [-0.25, -0.2) is 4.68 Å². The monoisotopic (exact) mass is 482 g/mol. The second-order valence-electron chi connectivity index (χ2n) is 8.55. The van der Waals surface area contributed by atoms with E-state index in [1.165, 1.54) is 5.56 Å². The van der Waals surface area contributed by atoms with Gasteiger partial charge in [-0.15, -0.1) is 0 Å². The molecular formula is C29H27ClN4O. The number of hydrogen-bond acceptors (Lipinski definition) is 3. The van der Waals surface area contributed by atoms with E-state index < -0.39 is 0 Å². The first kappa shape index (κ1) is 23.1. The van der Waals surface area contributed by atoms with Crippen molar-refractivity contribution in [3.8, 4) is 16.9 Å². The Hall–Kier alpha value is -3.67. The number of piperazine rings is 1. The maximum absolute atomic E-state index is 13.6. The van der Waals surface area contributed by atoms with E-state index in [-0.39, 0.29) is 5.91 Å². The molecule has 1 saturated heterocycles. The van der Waals surface area contributed by atoms with Gasteiger partial charge in [-0.2, -0.15) is 5.10 Å². The summed E-state index contributed by atoms with van der Waals surface area (Å²) in [5.41, 5.74) is 4.09. The Balaban J connectivity index is 1.32. The third kappa shape index (κ3) is 5.37. The van der Waals surface area contributed by atoms with Crippen molar-refractivity contribution in [3.63, 3.8) is 0 Å². The van der Waals surface area contributed by atoms with Crippen LogP contribution in [-0.2, 0) is 0 Å². The van der Waals surface area contributed by atoms with E-state index in [0.717, 1.165) is 30.9 Å². The average molecular weight is 483 g/mol. The molecule has 1 aliphatic rings. The standard InChI is InChI=1S/C29H27ClN4O/c30-26-16-8-7-15-25(26)27-22-28(34(31-27)24-13-5-2-6-14-24)29(35)33-20-18-32(19-21-33)17-9-12-23-10-3-1-4-11-23/h1-16,22H,17-21H2. The Morgan fingerprint density at radius 2 is 1.51 bits per heavy atom. The molecule has 0 radical (unpaired) electrons. The van der Waals surface area contributed by atoms with E-state index in [1.807, 2.05) is 83.8 Å². The van der Waals surface area contributed by atoms with Crippen LogP contribution in [0.4, 0.5) is 0 Å². The summed E-state index contributed by atoms with van der Waals surface area (Å²) in [6.07, 6.45) is 4.33. The number of aromatic nitrogens is 2. The molecule has 5 nitrogen and oxygen atoms in total. The predicted octanol–water partition coefficient (Wildman–Crippen LogP) is 5.66. The highest BCUT2D eigenvalue weighted by molar-refractivity contribution is 6.33. The zero-order chi connectivity index (χ0) is 24.0. The smallest absolute Gasteiger partial charge is 0.272 e. The van der Waals surface area contributed by atoms with Crippen molar-refractivity contribution >= 4 is 23.6 Å². The lowest BCUT2D eigenvalue weighted by atomic mass is 10.1. The van der Waals surface area contributed by atoms with Gasteiger partial charge >= 0.3 is 0 Å². The second-order valence-corrected chi connectivity index (χ2v) is 8.96. The number of nitrogens with zero attached hydrogens (tertiary/aromatic N) is 4. The highest BCUT2D eigenvalue weighted by atomic mass is 35.5. The van der Waals surface area contributed by atoms with Crippen molar-refractivity contribution < 1.29 is 4.79 Å². The zero-order valence-electron chi connectivity index (χ0n) is 19.4. The Bertz CT molecular complexity index is 1310. The summed E-state index contributed by atoms with van der Waals surface area (Å²) >= 11 is 6.44. The molecule has 0 unspecified atom stereocenters. The van der Waals surface area contributed by atoms with Gasteiger partial charge in [0.05, 0.1) is 16.4 Å². The summed E-state index contributed by atoms with van der Waals surface area (Å²) in [5, 5.41) is 5.39. The number of carbonyl (C=O) groups excluding carboxylic acids is 1. The first-order valence-corrected chi connectivity index (χ1v) is 12.2. The molecule has 1 amide bonds. The molecule has 2 heterocycles. The highest BCUT2D eigenvalue weighted by Gasteiger charge is 2.26. The normalized spacial score (nSPS) is 14.5. The fraction of sp³-hybridized carbons (Fsp3) is 0.172. The molecule has 3 aromatic carbocycles. The molecule has 0 bridgehead atoms. The molecule has 0 N–H and O–H groups in total. The fourth-order valence-electron chi connectivity index (χ4n) is 4.30. The number of hydrogen-bond donors (Lipinski definition) is 0. The second kappa shape index (κ2) is 10.7. The lowest BCUT2D eigenvalue weighted by molar-refractivity contribution is 0.0641. The molecule has 1 aliphatic heterocycles. The summed E-state index contributed by atoms with van der Waals surface area (Å²) in [4.78, 5) is 17.9. The maximum Gasteiger partial charge on any atom is 0.272 e. The van der Waals surface area contributed by atoms with Crippen LogP contribution in [0.2, 0.25) is 5.02 Å². The van der Waals surface area contributed by atoms with E-state index in [2.05, 4.69) is 29.2 Å². The van der Waals surface area contributed by atoms with E-state index in [4.69, 9.17) is 16.7 Å². The van der Waals surface area contributed by atoms with Crippen LogP contribution >= 0.6 is 11.6 Å². The van der Waals surface area contributed by atoms with Crippen molar-refractivity contribution in [2.75, 3.05) is 32.7 Å². The Labute approximate surface area is 210 Å². The van der Waals surface area contributed by atoms with Crippen LogP contribution in [0.15, 0.2) is 97.1 Å². The number of carbonyl (C=O) groups is 1. The zero-order valence-corrected chi connectivity index (χ0v) is 20.2. The largest absolute Gasteiger partial charge is 0.335 e. The Kier molecular flexibility index (Phi) is 7.07. The fourth-order valence-corrected chi connectivity index (χ4v) is 4.53. The van der Waals surface area contributed by atoms with Gasteiger partial charge in [-0.05, 0) is 29.8 Å². The molecule has 0 spiro atoms. The van der Waals surface area contributed by atoms with Crippen LogP contribution < -0.4 is 0 Å². The highest BCUT2D eigenvalue weighted by Crippen LogP contribution is 2.28. The number of amides is 1. The SMILES string of the molecule is O=C(c1cc(-c2ccccc2Cl)nn1-c1ccccc1)N1CCN(CC=Cc2ccccc2)CC1. The molecule has 1 aromatic heterocycles. The van der Waals surface area contributed by atoms with Crippen LogP contribution in [0.5, 0.6) is 0 Å². The topological polar surface area (TPSA) is 41.4 Å². The number of para-hydroxylation sites is 1. The minimum absolute atomic E-state index is 0.0147. The Morgan fingerprint density at radius 1 is 0.857 bits per heavy atom. The molecule has 1 fully saturated rings. The van der Waals surface area contributed by atoms with E-state index in [9.17, 15) is 4.79 Å². The molecule has 5 rings (SSSR count). The van der Waals surface area contributed by atoms with Gasteiger partial charge in [0.1, 0.15) is 5.69 Å². The summed E-state index contributed by atoms with van der Waals surface area (Å²) in [5.74, 6) is -0.0147. The van der Waals surface area contributed by atoms with Gasteiger partial charge in [0.15, 0.2) is 0 Å².